The number of aryl methyl sites for hydroxylation is 1. The number of hydrogen-bond acceptors (Lipinski definition) is 2. The van der Waals surface area contributed by atoms with Gasteiger partial charge in [0.25, 0.3) is 5.91 Å². The molecular formula is C23H31N3O2+2. The molecule has 28 heavy (non-hydrogen) atoms. The van der Waals surface area contributed by atoms with Crippen molar-refractivity contribution in [2.24, 2.45) is 0 Å². The topological polar surface area (TPSA) is 55.0 Å². The van der Waals surface area contributed by atoms with Crippen LogP contribution in [-0.2, 0) is 11.3 Å². The summed E-state index contributed by atoms with van der Waals surface area (Å²) in [6.45, 7) is 10.9. The van der Waals surface area contributed by atoms with Gasteiger partial charge in [0.15, 0.2) is 11.8 Å². The lowest BCUT2D eigenvalue weighted by Gasteiger charge is -2.32. The van der Waals surface area contributed by atoms with Gasteiger partial charge in [-0.25, -0.2) is 0 Å². The highest BCUT2D eigenvalue weighted by molar-refractivity contribution is 5.97. The molecule has 3 rings (SSSR count). The van der Waals surface area contributed by atoms with Crippen LogP contribution in [0.1, 0.15) is 35.3 Å². The first-order chi connectivity index (χ1) is 13.4. The van der Waals surface area contributed by atoms with E-state index in [0.717, 1.165) is 32.7 Å². The van der Waals surface area contributed by atoms with Crippen LogP contribution in [0.3, 0.4) is 0 Å². The molecule has 3 N–H and O–H groups in total. The van der Waals surface area contributed by atoms with Crippen molar-refractivity contribution < 1.29 is 19.4 Å². The summed E-state index contributed by atoms with van der Waals surface area (Å²) in [6, 6.07) is 15.6. The van der Waals surface area contributed by atoms with E-state index in [4.69, 9.17) is 0 Å². The molecule has 0 radical (unpaired) electrons. The molecule has 1 heterocycles. The average molecular weight is 382 g/mol. The van der Waals surface area contributed by atoms with Crippen LogP contribution in [0.4, 0.5) is 5.69 Å². The van der Waals surface area contributed by atoms with Crippen molar-refractivity contribution in [2.75, 3.05) is 31.5 Å². The molecule has 0 unspecified atom stereocenters. The lowest BCUT2D eigenvalue weighted by molar-refractivity contribution is -1.02. The van der Waals surface area contributed by atoms with Gasteiger partial charge in [-0.2, -0.15) is 0 Å². The molecular weight excluding hydrogens is 350 g/mol. The fourth-order valence-corrected chi connectivity index (χ4v) is 3.86. The summed E-state index contributed by atoms with van der Waals surface area (Å²) in [5.74, 6) is 0.0144. The minimum atomic E-state index is -0.110. The Labute approximate surface area is 167 Å². The predicted octanol–water partition coefficient (Wildman–Crippen LogP) is 0.508. The number of piperazine rings is 1. The molecule has 1 amide bonds. The number of amides is 1. The number of carbonyl (C=O) groups is 2. The van der Waals surface area contributed by atoms with E-state index in [-0.39, 0.29) is 17.7 Å². The molecule has 2 aromatic carbocycles. The first-order valence-electron chi connectivity index (χ1n) is 10.1. The van der Waals surface area contributed by atoms with Crippen molar-refractivity contribution in [3.05, 3.63) is 65.2 Å². The van der Waals surface area contributed by atoms with Crippen molar-refractivity contribution >= 4 is 17.4 Å². The van der Waals surface area contributed by atoms with Crippen LogP contribution in [0.5, 0.6) is 0 Å². The number of benzene rings is 2. The highest BCUT2D eigenvalue weighted by atomic mass is 16.2. The minimum absolute atomic E-state index is 0.00234. The normalized spacial score (nSPS) is 20.4. The molecule has 0 spiro atoms. The van der Waals surface area contributed by atoms with E-state index in [1.54, 1.807) is 23.1 Å². The molecule has 1 atom stereocenters. The van der Waals surface area contributed by atoms with Gasteiger partial charge < -0.3 is 15.1 Å². The van der Waals surface area contributed by atoms with Gasteiger partial charge in [-0.15, -0.1) is 0 Å². The maximum atomic E-state index is 12.7. The van der Waals surface area contributed by atoms with Gasteiger partial charge in [0.2, 0.25) is 0 Å². The van der Waals surface area contributed by atoms with Crippen molar-refractivity contribution in [3.63, 3.8) is 0 Å². The molecule has 148 valence electrons. The third kappa shape index (κ3) is 5.06. The van der Waals surface area contributed by atoms with Crippen LogP contribution in [0.2, 0.25) is 0 Å². The van der Waals surface area contributed by atoms with Gasteiger partial charge in [-0.3, -0.25) is 9.59 Å². The smallest absolute Gasteiger partial charge is 0.282 e. The molecule has 1 saturated heterocycles. The Morgan fingerprint density at radius 2 is 1.75 bits per heavy atom. The highest BCUT2D eigenvalue weighted by Crippen LogP contribution is 2.11. The number of hydrogen-bond donors (Lipinski definition) is 3. The lowest BCUT2D eigenvalue weighted by atomic mass is 10.1. The Balaban J connectivity index is 1.52. The molecule has 0 saturated carbocycles. The predicted molar refractivity (Wildman–Crippen MR) is 111 cm³/mol. The number of anilines is 1. The molecule has 5 heteroatoms. The highest BCUT2D eigenvalue weighted by Gasteiger charge is 2.31. The Morgan fingerprint density at radius 3 is 2.43 bits per heavy atom. The summed E-state index contributed by atoms with van der Waals surface area (Å²) in [5.41, 5.74) is 4.07. The first-order valence-corrected chi connectivity index (χ1v) is 10.1. The maximum Gasteiger partial charge on any atom is 0.282 e. The van der Waals surface area contributed by atoms with Gasteiger partial charge in [0.1, 0.15) is 32.7 Å². The average Bonchev–Trinajstić information content (AvgIpc) is 2.70. The zero-order valence-corrected chi connectivity index (χ0v) is 17.0. The van der Waals surface area contributed by atoms with Gasteiger partial charge in [-0.1, -0.05) is 36.4 Å². The molecule has 5 nitrogen and oxygen atoms in total. The first kappa shape index (κ1) is 20.2. The number of quaternary nitrogens is 2. The van der Waals surface area contributed by atoms with Crippen LogP contribution < -0.4 is 15.1 Å². The van der Waals surface area contributed by atoms with Gasteiger partial charge in [0.05, 0.1) is 0 Å². The maximum absolute atomic E-state index is 12.7. The summed E-state index contributed by atoms with van der Waals surface area (Å²) in [7, 11) is 0. The SMILES string of the molecule is CC(=O)c1cccc(NC(=O)[C@@H](C)[NH+]2CC[NH+](Cc3ccccc3C)CC2)c1. The van der Waals surface area contributed by atoms with Crippen LogP contribution in [-0.4, -0.2) is 43.9 Å². The fraction of sp³-hybridized carbons (Fsp3) is 0.391. The second-order valence-electron chi connectivity index (χ2n) is 7.86. The molecule has 0 aromatic heterocycles. The Morgan fingerprint density at radius 1 is 1.04 bits per heavy atom. The molecule has 1 fully saturated rings. The molecule has 0 aliphatic carbocycles. The quantitative estimate of drug-likeness (QED) is 0.639. The fourth-order valence-electron chi connectivity index (χ4n) is 3.86. The van der Waals surface area contributed by atoms with Crippen molar-refractivity contribution in [3.8, 4) is 0 Å². The number of carbonyl (C=O) groups excluding carboxylic acids is 2. The summed E-state index contributed by atoms with van der Waals surface area (Å²) < 4.78 is 0. The number of nitrogens with one attached hydrogen (secondary N) is 3. The van der Waals surface area contributed by atoms with E-state index in [0.29, 0.717) is 11.3 Å². The monoisotopic (exact) mass is 381 g/mol. The van der Waals surface area contributed by atoms with E-state index in [2.05, 4.69) is 36.5 Å². The Hall–Kier alpha value is -2.50. The van der Waals surface area contributed by atoms with E-state index < -0.39 is 0 Å². The van der Waals surface area contributed by atoms with Crippen LogP contribution in [0.15, 0.2) is 48.5 Å². The number of rotatable bonds is 6. The van der Waals surface area contributed by atoms with E-state index in [9.17, 15) is 9.59 Å². The summed E-state index contributed by atoms with van der Waals surface area (Å²) in [5, 5.41) is 2.97. The van der Waals surface area contributed by atoms with Crippen molar-refractivity contribution in [1.29, 1.82) is 0 Å². The van der Waals surface area contributed by atoms with Crippen LogP contribution >= 0.6 is 0 Å². The second kappa shape index (κ2) is 9.13. The van der Waals surface area contributed by atoms with Gasteiger partial charge in [-0.05, 0) is 38.5 Å². The minimum Gasteiger partial charge on any atom is -0.322 e. The zero-order chi connectivity index (χ0) is 20.1. The third-order valence-electron chi connectivity index (χ3n) is 5.84. The van der Waals surface area contributed by atoms with Crippen LogP contribution in [0.25, 0.3) is 0 Å². The Kier molecular flexibility index (Phi) is 6.60. The van der Waals surface area contributed by atoms with Crippen LogP contribution in [0, 0.1) is 6.92 Å². The zero-order valence-electron chi connectivity index (χ0n) is 17.0. The Bertz CT molecular complexity index is 841. The largest absolute Gasteiger partial charge is 0.322 e. The molecule has 2 aromatic rings. The summed E-state index contributed by atoms with van der Waals surface area (Å²) in [4.78, 5) is 27.1. The van der Waals surface area contributed by atoms with Gasteiger partial charge >= 0.3 is 0 Å². The number of ketones is 1. The molecule has 1 aliphatic heterocycles. The van der Waals surface area contributed by atoms with Gasteiger partial charge in [0, 0.05) is 16.8 Å². The second-order valence-corrected chi connectivity index (χ2v) is 7.86. The summed E-state index contributed by atoms with van der Waals surface area (Å²) >= 11 is 0. The standard InChI is InChI=1S/C23H29N3O2/c1-17-7-4-5-8-21(17)16-25-11-13-26(14-12-25)18(2)23(28)24-22-10-6-9-20(15-22)19(3)27/h4-10,15,18H,11-14,16H2,1-3H3,(H,24,28)/p+2/t18-/m1/s1. The van der Waals surface area contributed by atoms with E-state index in [1.807, 2.05) is 13.0 Å². The summed E-state index contributed by atoms with van der Waals surface area (Å²) in [6.07, 6.45) is 0. The molecule has 0 bridgehead atoms. The molecule has 1 aliphatic rings. The van der Waals surface area contributed by atoms with E-state index >= 15 is 0 Å². The number of Topliss-reactive ketones (excluding diaryl/α,β-unsaturated/α-hetero) is 1. The third-order valence-corrected chi connectivity index (χ3v) is 5.84. The van der Waals surface area contributed by atoms with E-state index in [1.165, 1.54) is 23.0 Å². The van der Waals surface area contributed by atoms with Crippen molar-refractivity contribution in [2.45, 2.75) is 33.4 Å². The van der Waals surface area contributed by atoms with Crippen molar-refractivity contribution in [1.82, 2.24) is 0 Å². The lowest BCUT2D eigenvalue weighted by Crippen LogP contribution is -3.29.